The molecule has 0 N–H and O–H groups in total. The Kier molecular flexibility index (Phi) is 4.93. The average molecular weight is 330 g/mol. The van der Waals surface area contributed by atoms with Gasteiger partial charge in [0.05, 0.1) is 11.6 Å². The fourth-order valence-electron chi connectivity index (χ4n) is 2.46. The van der Waals surface area contributed by atoms with Crippen molar-refractivity contribution in [3.05, 3.63) is 34.1 Å². The van der Waals surface area contributed by atoms with E-state index >= 15 is 0 Å². The Morgan fingerprint density at radius 3 is 3.00 bits per heavy atom. The van der Waals surface area contributed by atoms with Gasteiger partial charge in [-0.2, -0.15) is 0 Å². The van der Waals surface area contributed by atoms with Crippen molar-refractivity contribution >= 4 is 21.9 Å². The molecule has 0 bridgehead atoms. The number of hydrogen-bond donors (Lipinski definition) is 0. The summed E-state index contributed by atoms with van der Waals surface area (Å²) in [4.78, 5) is 13.9. The molecule has 104 valence electrons. The van der Waals surface area contributed by atoms with Crippen molar-refractivity contribution in [3.63, 3.8) is 0 Å². The maximum absolute atomic E-state index is 13.2. The summed E-state index contributed by atoms with van der Waals surface area (Å²) in [5.41, 5.74) is 0.990. The second-order valence-corrected chi connectivity index (χ2v) is 5.61. The van der Waals surface area contributed by atoms with Crippen LogP contribution in [0.5, 0.6) is 0 Å². The van der Waals surface area contributed by atoms with Crippen LogP contribution < -0.4 is 0 Å². The molecule has 3 nitrogen and oxygen atoms in total. The van der Waals surface area contributed by atoms with Crippen LogP contribution in [-0.2, 0) is 16.1 Å². The molecular formula is C14H17BrFNO2. The van der Waals surface area contributed by atoms with Crippen molar-refractivity contribution in [1.82, 2.24) is 4.90 Å². The smallest absolute Gasteiger partial charge is 0.323 e. The largest absolute Gasteiger partial charge is 0.468 e. The van der Waals surface area contributed by atoms with Gasteiger partial charge >= 0.3 is 5.97 Å². The number of methoxy groups -OCH3 is 1. The van der Waals surface area contributed by atoms with E-state index < -0.39 is 0 Å². The third-order valence-electron chi connectivity index (χ3n) is 3.46. The molecule has 1 heterocycles. The van der Waals surface area contributed by atoms with Gasteiger partial charge in [0.2, 0.25) is 0 Å². The zero-order valence-electron chi connectivity index (χ0n) is 10.9. The van der Waals surface area contributed by atoms with E-state index in [-0.39, 0.29) is 17.8 Å². The molecular weight excluding hydrogens is 313 g/mol. The maximum atomic E-state index is 13.2. The fourth-order valence-corrected chi connectivity index (χ4v) is 2.88. The van der Waals surface area contributed by atoms with E-state index in [4.69, 9.17) is 4.74 Å². The van der Waals surface area contributed by atoms with Gasteiger partial charge < -0.3 is 4.74 Å². The number of rotatable bonds is 3. The van der Waals surface area contributed by atoms with Crippen LogP contribution in [0.1, 0.15) is 24.8 Å². The lowest BCUT2D eigenvalue weighted by atomic mass is 10.0. The summed E-state index contributed by atoms with van der Waals surface area (Å²) in [6.45, 7) is 1.51. The molecule has 1 aliphatic heterocycles. The van der Waals surface area contributed by atoms with E-state index in [1.807, 2.05) is 0 Å². The molecule has 1 aromatic carbocycles. The highest BCUT2D eigenvalue weighted by Gasteiger charge is 2.29. The van der Waals surface area contributed by atoms with Crippen LogP contribution >= 0.6 is 15.9 Å². The number of halogens is 2. The van der Waals surface area contributed by atoms with Crippen molar-refractivity contribution < 1.29 is 13.9 Å². The predicted octanol–water partition coefficient (Wildman–Crippen LogP) is 3.12. The number of piperidine rings is 1. The fraction of sp³-hybridized carbons (Fsp3) is 0.500. The minimum Gasteiger partial charge on any atom is -0.468 e. The molecule has 0 radical (unpaired) electrons. The van der Waals surface area contributed by atoms with Gasteiger partial charge in [0.15, 0.2) is 0 Å². The predicted molar refractivity (Wildman–Crippen MR) is 74.2 cm³/mol. The van der Waals surface area contributed by atoms with E-state index in [9.17, 15) is 9.18 Å². The average Bonchev–Trinajstić information content (AvgIpc) is 2.43. The van der Waals surface area contributed by atoms with E-state index in [1.54, 1.807) is 12.1 Å². The van der Waals surface area contributed by atoms with Gasteiger partial charge in [0.1, 0.15) is 11.9 Å². The van der Waals surface area contributed by atoms with Gasteiger partial charge in [0.25, 0.3) is 0 Å². The summed E-state index contributed by atoms with van der Waals surface area (Å²) in [5, 5.41) is 0. The molecule has 0 aliphatic carbocycles. The first-order chi connectivity index (χ1) is 9.11. The Hall–Kier alpha value is -0.940. The van der Waals surface area contributed by atoms with Gasteiger partial charge in [-0.1, -0.05) is 12.5 Å². The second kappa shape index (κ2) is 6.48. The van der Waals surface area contributed by atoms with Crippen LogP contribution in [0, 0.1) is 5.82 Å². The van der Waals surface area contributed by atoms with Crippen molar-refractivity contribution in [2.45, 2.75) is 31.8 Å². The van der Waals surface area contributed by atoms with Gasteiger partial charge in [0, 0.05) is 6.54 Å². The number of carbonyl (C=O) groups excluding carboxylic acids is 1. The maximum Gasteiger partial charge on any atom is 0.323 e. The third-order valence-corrected chi connectivity index (χ3v) is 4.06. The van der Waals surface area contributed by atoms with Crippen LogP contribution in [0.25, 0.3) is 0 Å². The molecule has 0 saturated carbocycles. The third kappa shape index (κ3) is 3.54. The molecule has 0 spiro atoms. The summed E-state index contributed by atoms with van der Waals surface area (Å²) >= 11 is 3.18. The number of benzene rings is 1. The molecule has 19 heavy (non-hydrogen) atoms. The summed E-state index contributed by atoms with van der Waals surface area (Å²) in [6, 6.07) is 4.78. The molecule has 1 atom stereocenters. The SMILES string of the molecule is COC(=O)[C@H]1CCCCN1Cc1ccc(F)c(Br)c1. The summed E-state index contributed by atoms with van der Waals surface area (Å²) in [6.07, 6.45) is 2.95. The van der Waals surface area contributed by atoms with Crippen molar-refractivity contribution in [2.75, 3.05) is 13.7 Å². The Balaban J connectivity index is 2.10. The highest BCUT2D eigenvalue weighted by Crippen LogP contribution is 2.23. The normalized spacial score (nSPS) is 20.3. The number of nitrogens with zero attached hydrogens (tertiary/aromatic N) is 1. The Bertz CT molecular complexity index is 467. The number of esters is 1. The van der Waals surface area contributed by atoms with E-state index in [2.05, 4.69) is 20.8 Å². The van der Waals surface area contributed by atoms with Crippen LogP contribution in [-0.4, -0.2) is 30.6 Å². The van der Waals surface area contributed by atoms with Crippen molar-refractivity contribution in [1.29, 1.82) is 0 Å². The van der Waals surface area contributed by atoms with Crippen LogP contribution in [0.2, 0.25) is 0 Å². The molecule has 2 rings (SSSR count). The molecule has 1 aliphatic rings. The molecule has 0 amide bonds. The zero-order valence-corrected chi connectivity index (χ0v) is 12.5. The Morgan fingerprint density at radius 1 is 1.53 bits per heavy atom. The number of carbonyl (C=O) groups is 1. The van der Waals surface area contributed by atoms with Crippen LogP contribution in [0.4, 0.5) is 4.39 Å². The molecule has 1 aromatic rings. The van der Waals surface area contributed by atoms with Gasteiger partial charge in [-0.05, 0) is 53.0 Å². The first kappa shape index (κ1) is 14.5. The summed E-state index contributed by atoms with van der Waals surface area (Å²) in [5.74, 6) is -0.451. The quantitative estimate of drug-likeness (QED) is 0.798. The first-order valence-corrected chi connectivity index (χ1v) is 7.17. The van der Waals surface area contributed by atoms with Gasteiger partial charge in [-0.3, -0.25) is 9.69 Å². The molecule has 1 fully saturated rings. The van der Waals surface area contributed by atoms with E-state index in [1.165, 1.54) is 13.2 Å². The standard InChI is InChI=1S/C14H17BrFNO2/c1-19-14(18)13-4-2-3-7-17(13)9-10-5-6-12(16)11(15)8-10/h5-6,8,13H,2-4,7,9H2,1H3/t13-/m1/s1. The number of likely N-dealkylation sites (tertiary alicyclic amines) is 1. The molecule has 5 heteroatoms. The number of hydrogen-bond acceptors (Lipinski definition) is 3. The lowest BCUT2D eigenvalue weighted by Gasteiger charge is -2.33. The van der Waals surface area contributed by atoms with Crippen molar-refractivity contribution in [2.24, 2.45) is 0 Å². The van der Waals surface area contributed by atoms with Gasteiger partial charge in [-0.15, -0.1) is 0 Å². The second-order valence-electron chi connectivity index (χ2n) is 4.75. The Morgan fingerprint density at radius 2 is 2.32 bits per heavy atom. The minimum atomic E-state index is -0.271. The van der Waals surface area contributed by atoms with Crippen LogP contribution in [0.15, 0.2) is 22.7 Å². The molecule has 0 unspecified atom stereocenters. The highest BCUT2D eigenvalue weighted by molar-refractivity contribution is 9.10. The lowest BCUT2D eigenvalue weighted by molar-refractivity contribution is -0.148. The monoisotopic (exact) mass is 329 g/mol. The highest BCUT2D eigenvalue weighted by atomic mass is 79.9. The first-order valence-electron chi connectivity index (χ1n) is 6.37. The summed E-state index contributed by atoms with van der Waals surface area (Å²) < 4.78 is 18.5. The van der Waals surface area contributed by atoms with Crippen molar-refractivity contribution in [3.8, 4) is 0 Å². The lowest BCUT2D eigenvalue weighted by Crippen LogP contribution is -2.44. The minimum absolute atomic E-state index is 0.178. The van der Waals surface area contributed by atoms with E-state index in [0.29, 0.717) is 11.0 Å². The number of ether oxygens (including phenoxy) is 1. The Labute approximate surface area is 120 Å². The zero-order chi connectivity index (χ0) is 13.8. The van der Waals surface area contributed by atoms with Crippen LogP contribution in [0.3, 0.4) is 0 Å². The van der Waals surface area contributed by atoms with Gasteiger partial charge in [-0.25, -0.2) is 4.39 Å². The molecule has 0 aromatic heterocycles. The van der Waals surface area contributed by atoms with E-state index in [0.717, 1.165) is 31.4 Å². The molecule has 1 saturated heterocycles. The topological polar surface area (TPSA) is 29.5 Å². The summed E-state index contributed by atoms with van der Waals surface area (Å²) in [7, 11) is 1.42.